The molecular weight excluding hydrogens is 202 g/mol. The molecule has 1 aromatic rings. The number of hydrogen-bond acceptors (Lipinski definition) is 4. The van der Waals surface area contributed by atoms with Crippen molar-refractivity contribution in [3.05, 3.63) is 18.1 Å². The van der Waals surface area contributed by atoms with Gasteiger partial charge in [0.05, 0.1) is 5.69 Å². The first kappa shape index (κ1) is 11.3. The number of aromatic nitrogens is 2. The summed E-state index contributed by atoms with van der Waals surface area (Å²) in [6.07, 6.45) is 3.97. The molecule has 1 heterocycles. The van der Waals surface area contributed by atoms with Gasteiger partial charge in [-0.2, -0.15) is 0 Å². The monoisotopic (exact) mass is 221 g/mol. The van der Waals surface area contributed by atoms with E-state index in [1.54, 1.807) is 6.33 Å². The Morgan fingerprint density at radius 2 is 2.19 bits per heavy atom. The second kappa shape index (κ2) is 4.78. The van der Waals surface area contributed by atoms with E-state index in [0.29, 0.717) is 23.8 Å². The fraction of sp³-hybridized carbons (Fsp3) is 0.667. The first-order valence-electron chi connectivity index (χ1n) is 5.87. The van der Waals surface area contributed by atoms with Crippen LogP contribution in [0.4, 0.5) is 0 Å². The molecule has 2 N–H and O–H groups in total. The number of nitrogens with two attached hydrogens (primary N) is 1. The molecule has 0 aliphatic heterocycles. The van der Waals surface area contributed by atoms with Crippen molar-refractivity contribution in [1.82, 2.24) is 9.97 Å². The van der Waals surface area contributed by atoms with E-state index < -0.39 is 0 Å². The average Bonchev–Trinajstić information content (AvgIpc) is 2.23. The van der Waals surface area contributed by atoms with Gasteiger partial charge in [-0.05, 0) is 31.2 Å². The van der Waals surface area contributed by atoms with Gasteiger partial charge in [-0.15, -0.1) is 0 Å². The minimum Gasteiger partial charge on any atom is -0.474 e. The molecule has 1 aromatic heterocycles. The quantitative estimate of drug-likeness (QED) is 0.841. The Morgan fingerprint density at radius 1 is 1.44 bits per heavy atom. The van der Waals surface area contributed by atoms with Crippen LogP contribution < -0.4 is 10.5 Å². The molecule has 16 heavy (non-hydrogen) atoms. The fourth-order valence-corrected chi connectivity index (χ4v) is 1.87. The van der Waals surface area contributed by atoms with Crippen molar-refractivity contribution < 1.29 is 4.74 Å². The highest BCUT2D eigenvalue weighted by molar-refractivity contribution is 5.16. The first-order valence-corrected chi connectivity index (χ1v) is 5.87. The molecule has 1 aliphatic rings. The lowest BCUT2D eigenvalue weighted by molar-refractivity contribution is 0.0646. The maximum Gasteiger partial charge on any atom is 0.216 e. The number of rotatable bonds is 4. The van der Waals surface area contributed by atoms with E-state index >= 15 is 0 Å². The summed E-state index contributed by atoms with van der Waals surface area (Å²) in [5.74, 6) is 1.74. The molecule has 2 rings (SSSR count). The van der Waals surface area contributed by atoms with Crippen LogP contribution in [0.1, 0.15) is 38.3 Å². The molecule has 0 unspecified atom stereocenters. The van der Waals surface area contributed by atoms with Gasteiger partial charge in [-0.1, -0.05) is 13.8 Å². The molecule has 0 atom stereocenters. The maximum absolute atomic E-state index is 5.77. The van der Waals surface area contributed by atoms with Gasteiger partial charge in [0.15, 0.2) is 0 Å². The lowest BCUT2D eigenvalue weighted by Crippen LogP contribution is -2.37. The molecule has 4 nitrogen and oxygen atoms in total. The van der Waals surface area contributed by atoms with Crippen molar-refractivity contribution in [2.45, 2.75) is 38.7 Å². The van der Waals surface area contributed by atoms with Gasteiger partial charge in [0.25, 0.3) is 0 Å². The van der Waals surface area contributed by atoms with Gasteiger partial charge in [0.1, 0.15) is 12.4 Å². The summed E-state index contributed by atoms with van der Waals surface area (Å²) < 4.78 is 5.77. The molecule has 1 aliphatic carbocycles. The Morgan fingerprint density at radius 3 is 2.81 bits per heavy atom. The molecule has 88 valence electrons. The second-order valence-electron chi connectivity index (χ2n) is 4.75. The van der Waals surface area contributed by atoms with Crippen molar-refractivity contribution >= 4 is 0 Å². The summed E-state index contributed by atoms with van der Waals surface area (Å²) in [6, 6.07) is 1.93. The summed E-state index contributed by atoms with van der Waals surface area (Å²) in [4.78, 5) is 8.34. The molecule has 1 saturated carbocycles. The highest BCUT2D eigenvalue weighted by Crippen LogP contribution is 2.30. The van der Waals surface area contributed by atoms with Crippen LogP contribution in [-0.4, -0.2) is 22.6 Å². The molecule has 0 amide bonds. The minimum absolute atomic E-state index is 0.295. The zero-order valence-electron chi connectivity index (χ0n) is 9.89. The lowest BCUT2D eigenvalue weighted by Gasteiger charge is -2.34. The molecule has 4 heteroatoms. The van der Waals surface area contributed by atoms with Gasteiger partial charge >= 0.3 is 0 Å². The van der Waals surface area contributed by atoms with Crippen LogP contribution >= 0.6 is 0 Å². The van der Waals surface area contributed by atoms with E-state index in [0.717, 1.165) is 25.1 Å². The predicted octanol–water partition coefficient (Wildman–Crippen LogP) is 1.72. The highest BCUT2D eigenvalue weighted by atomic mass is 16.5. The Balaban J connectivity index is 1.92. The normalized spacial score (nSPS) is 24.2. The third-order valence-electron chi connectivity index (χ3n) is 3.07. The molecule has 0 aromatic carbocycles. The van der Waals surface area contributed by atoms with Crippen LogP contribution in [-0.2, 0) is 0 Å². The predicted molar refractivity (Wildman–Crippen MR) is 62.3 cm³/mol. The molecule has 0 bridgehead atoms. The van der Waals surface area contributed by atoms with Crippen molar-refractivity contribution in [2.24, 2.45) is 11.7 Å². The van der Waals surface area contributed by atoms with Crippen LogP contribution in [0.2, 0.25) is 0 Å². The largest absolute Gasteiger partial charge is 0.474 e. The third-order valence-corrected chi connectivity index (χ3v) is 3.07. The van der Waals surface area contributed by atoms with E-state index in [1.807, 2.05) is 6.07 Å². The topological polar surface area (TPSA) is 61.0 Å². The fourth-order valence-electron chi connectivity index (χ4n) is 1.87. The standard InChI is InChI=1S/C12H19N3O/c1-8(2)11-5-12(15-7-14-11)16-10-3-9(4-10)6-13/h5,7-10H,3-4,6,13H2,1-2H3. The number of hydrogen-bond donors (Lipinski definition) is 1. The zero-order chi connectivity index (χ0) is 11.5. The SMILES string of the molecule is CC(C)c1cc(OC2CC(CN)C2)ncn1. The van der Waals surface area contributed by atoms with Crippen molar-refractivity contribution in [2.75, 3.05) is 6.54 Å². The second-order valence-corrected chi connectivity index (χ2v) is 4.75. The Hall–Kier alpha value is -1.16. The molecule has 0 spiro atoms. The van der Waals surface area contributed by atoms with Crippen LogP contribution in [0, 0.1) is 5.92 Å². The molecular formula is C12H19N3O. The van der Waals surface area contributed by atoms with Gasteiger partial charge in [0.2, 0.25) is 5.88 Å². The lowest BCUT2D eigenvalue weighted by atomic mass is 9.82. The smallest absolute Gasteiger partial charge is 0.216 e. The maximum atomic E-state index is 5.77. The summed E-state index contributed by atoms with van der Waals surface area (Å²) in [5.41, 5.74) is 6.60. The average molecular weight is 221 g/mol. The minimum atomic E-state index is 0.295. The van der Waals surface area contributed by atoms with E-state index in [2.05, 4.69) is 23.8 Å². The van der Waals surface area contributed by atoms with Crippen molar-refractivity contribution in [3.8, 4) is 5.88 Å². The Kier molecular flexibility index (Phi) is 3.39. The summed E-state index contributed by atoms with van der Waals surface area (Å²) in [7, 11) is 0. The summed E-state index contributed by atoms with van der Waals surface area (Å²) in [5, 5.41) is 0. The van der Waals surface area contributed by atoms with Crippen LogP contribution in [0.25, 0.3) is 0 Å². The van der Waals surface area contributed by atoms with E-state index in [-0.39, 0.29) is 0 Å². The van der Waals surface area contributed by atoms with Gasteiger partial charge in [0, 0.05) is 6.07 Å². The summed E-state index contributed by atoms with van der Waals surface area (Å²) in [6.45, 7) is 4.99. The van der Waals surface area contributed by atoms with Crippen LogP contribution in [0.3, 0.4) is 0 Å². The van der Waals surface area contributed by atoms with E-state index in [4.69, 9.17) is 10.5 Å². The van der Waals surface area contributed by atoms with E-state index in [1.165, 1.54) is 0 Å². The summed E-state index contributed by atoms with van der Waals surface area (Å²) >= 11 is 0. The zero-order valence-corrected chi connectivity index (χ0v) is 9.89. The van der Waals surface area contributed by atoms with E-state index in [9.17, 15) is 0 Å². The Labute approximate surface area is 96.2 Å². The molecule has 0 radical (unpaired) electrons. The van der Waals surface area contributed by atoms with Crippen molar-refractivity contribution in [3.63, 3.8) is 0 Å². The number of ether oxygens (including phenoxy) is 1. The molecule has 0 saturated heterocycles. The first-order chi connectivity index (χ1) is 7.69. The van der Waals surface area contributed by atoms with Crippen LogP contribution in [0.15, 0.2) is 12.4 Å². The van der Waals surface area contributed by atoms with Gasteiger partial charge in [-0.25, -0.2) is 9.97 Å². The molecule has 1 fully saturated rings. The third kappa shape index (κ3) is 2.50. The Bertz CT molecular complexity index is 348. The van der Waals surface area contributed by atoms with Gasteiger partial charge in [-0.3, -0.25) is 0 Å². The van der Waals surface area contributed by atoms with Crippen molar-refractivity contribution in [1.29, 1.82) is 0 Å². The highest BCUT2D eigenvalue weighted by Gasteiger charge is 2.29. The number of nitrogens with zero attached hydrogens (tertiary/aromatic N) is 2. The van der Waals surface area contributed by atoms with Crippen LogP contribution in [0.5, 0.6) is 5.88 Å². The van der Waals surface area contributed by atoms with Gasteiger partial charge < -0.3 is 10.5 Å².